The molecule has 0 atom stereocenters. The minimum Gasteiger partial charge on any atom is -0.383 e. The second kappa shape index (κ2) is 4.88. The molecule has 0 fully saturated rings. The van der Waals surface area contributed by atoms with E-state index < -0.39 is 0 Å². The van der Waals surface area contributed by atoms with Gasteiger partial charge in [-0.3, -0.25) is 0 Å². The Bertz CT molecular complexity index is 395. The van der Waals surface area contributed by atoms with Gasteiger partial charge in [0.15, 0.2) is 5.82 Å². The molecule has 0 unspecified atom stereocenters. The van der Waals surface area contributed by atoms with Gasteiger partial charge in [-0.2, -0.15) is 10.4 Å². The van der Waals surface area contributed by atoms with Crippen LogP contribution in [0, 0.1) is 11.3 Å². The lowest BCUT2D eigenvalue weighted by atomic mass is 10.3. The van der Waals surface area contributed by atoms with Crippen LogP contribution in [0.5, 0.6) is 0 Å². The van der Waals surface area contributed by atoms with Crippen molar-refractivity contribution >= 4 is 11.6 Å². The summed E-state index contributed by atoms with van der Waals surface area (Å²) in [5.74, 6) is 1.15. The third-order valence-electron chi connectivity index (χ3n) is 2.59. The number of nitrogen functional groups attached to an aromatic ring is 1. The lowest BCUT2D eigenvalue weighted by Crippen LogP contribution is -2.23. The smallest absolute Gasteiger partial charge is 0.170 e. The van der Waals surface area contributed by atoms with Crippen LogP contribution < -0.4 is 10.6 Å². The molecule has 1 heterocycles. The van der Waals surface area contributed by atoms with Crippen molar-refractivity contribution in [1.29, 1.82) is 5.26 Å². The molecule has 1 aromatic rings. The Balaban J connectivity index is 3.29. The van der Waals surface area contributed by atoms with E-state index in [2.05, 4.69) is 11.2 Å². The zero-order valence-corrected chi connectivity index (χ0v) is 10.4. The van der Waals surface area contributed by atoms with Crippen molar-refractivity contribution in [2.75, 3.05) is 23.7 Å². The Morgan fingerprint density at radius 1 is 1.44 bits per heavy atom. The first kappa shape index (κ1) is 12.4. The second-order valence-electron chi connectivity index (χ2n) is 3.91. The molecule has 5 nitrogen and oxygen atoms in total. The van der Waals surface area contributed by atoms with Gasteiger partial charge in [-0.15, -0.1) is 0 Å². The van der Waals surface area contributed by atoms with Gasteiger partial charge in [0.2, 0.25) is 0 Å². The van der Waals surface area contributed by atoms with Gasteiger partial charge in [-0.25, -0.2) is 4.68 Å². The third-order valence-corrected chi connectivity index (χ3v) is 2.59. The van der Waals surface area contributed by atoms with Crippen LogP contribution >= 0.6 is 0 Å². The summed E-state index contributed by atoms with van der Waals surface area (Å²) in [6.07, 6.45) is 0. The Morgan fingerprint density at radius 3 is 2.38 bits per heavy atom. The van der Waals surface area contributed by atoms with Crippen LogP contribution in [-0.2, 0) is 0 Å². The van der Waals surface area contributed by atoms with E-state index >= 15 is 0 Å². The molecule has 0 aromatic carbocycles. The molecule has 0 amide bonds. The Kier molecular flexibility index (Phi) is 3.78. The van der Waals surface area contributed by atoms with Gasteiger partial charge < -0.3 is 10.6 Å². The molecule has 2 N–H and O–H groups in total. The summed E-state index contributed by atoms with van der Waals surface area (Å²) in [5, 5.41) is 13.5. The predicted molar refractivity (Wildman–Crippen MR) is 65.3 cm³/mol. The SMILES string of the molecule is CCN(CC)c1nn(C(C)C)c(N)c1C#N. The van der Waals surface area contributed by atoms with Gasteiger partial charge in [0.1, 0.15) is 17.5 Å². The van der Waals surface area contributed by atoms with E-state index in [0.29, 0.717) is 17.2 Å². The monoisotopic (exact) mass is 221 g/mol. The molecular weight excluding hydrogens is 202 g/mol. The van der Waals surface area contributed by atoms with Crippen LogP contribution in [-0.4, -0.2) is 22.9 Å². The molecule has 0 radical (unpaired) electrons. The normalized spacial score (nSPS) is 10.5. The van der Waals surface area contributed by atoms with Gasteiger partial charge in [0.25, 0.3) is 0 Å². The molecule has 5 heteroatoms. The van der Waals surface area contributed by atoms with Crippen molar-refractivity contribution in [1.82, 2.24) is 9.78 Å². The van der Waals surface area contributed by atoms with Crippen LogP contribution in [0.2, 0.25) is 0 Å². The zero-order chi connectivity index (χ0) is 12.3. The van der Waals surface area contributed by atoms with Crippen molar-refractivity contribution < 1.29 is 0 Å². The minimum atomic E-state index is 0.163. The average molecular weight is 221 g/mol. The lowest BCUT2D eigenvalue weighted by molar-refractivity contribution is 0.539. The molecule has 16 heavy (non-hydrogen) atoms. The fourth-order valence-corrected chi connectivity index (χ4v) is 1.68. The Hall–Kier alpha value is -1.70. The highest BCUT2D eigenvalue weighted by atomic mass is 15.4. The highest BCUT2D eigenvalue weighted by molar-refractivity contribution is 5.65. The van der Waals surface area contributed by atoms with Crippen molar-refractivity contribution in [3.8, 4) is 6.07 Å². The maximum absolute atomic E-state index is 9.12. The Morgan fingerprint density at radius 2 is 2.00 bits per heavy atom. The van der Waals surface area contributed by atoms with Gasteiger partial charge in [-0.05, 0) is 27.7 Å². The molecule has 0 bridgehead atoms. The van der Waals surface area contributed by atoms with Crippen LogP contribution in [0.3, 0.4) is 0 Å². The molecule has 1 rings (SSSR count). The predicted octanol–water partition coefficient (Wildman–Crippen LogP) is 1.76. The molecule has 88 valence electrons. The average Bonchev–Trinajstić information content (AvgIpc) is 2.58. The van der Waals surface area contributed by atoms with Crippen molar-refractivity contribution in [3.05, 3.63) is 5.56 Å². The maximum atomic E-state index is 9.12. The van der Waals surface area contributed by atoms with E-state index in [1.807, 2.05) is 32.6 Å². The molecule has 0 saturated carbocycles. The number of nitrogens with two attached hydrogens (primary N) is 1. The number of anilines is 2. The van der Waals surface area contributed by atoms with Crippen molar-refractivity contribution in [3.63, 3.8) is 0 Å². The van der Waals surface area contributed by atoms with Crippen LogP contribution in [0.25, 0.3) is 0 Å². The standard InChI is InChI=1S/C11H19N5/c1-5-15(6-2)11-9(7-12)10(13)16(14-11)8(3)4/h8H,5-6,13H2,1-4H3. The number of aromatic nitrogens is 2. The van der Waals surface area contributed by atoms with Crippen LogP contribution in [0.15, 0.2) is 0 Å². The summed E-state index contributed by atoms with van der Waals surface area (Å²) >= 11 is 0. The number of hydrogen-bond donors (Lipinski definition) is 1. The molecule has 0 saturated heterocycles. The van der Waals surface area contributed by atoms with Crippen molar-refractivity contribution in [2.45, 2.75) is 33.7 Å². The zero-order valence-electron chi connectivity index (χ0n) is 10.4. The molecule has 0 spiro atoms. The largest absolute Gasteiger partial charge is 0.383 e. The van der Waals surface area contributed by atoms with Crippen LogP contribution in [0.4, 0.5) is 11.6 Å². The van der Waals surface area contributed by atoms with E-state index in [1.165, 1.54) is 0 Å². The van der Waals surface area contributed by atoms with E-state index in [1.54, 1.807) is 4.68 Å². The molecular formula is C11H19N5. The summed E-state index contributed by atoms with van der Waals surface area (Å²) in [5.41, 5.74) is 6.40. The lowest BCUT2D eigenvalue weighted by Gasteiger charge is -2.17. The second-order valence-corrected chi connectivity index (χ2v) is 3.91. The summed E-state index contributed by atoms with van der Waals surface area (Å²) in [4.78, 5) is 2.04. The van der Waals surface area contributed by atoms with Crippen LogP contribution in [0.1, 0.15) is 39.3 Å². The fraction of sp³-hybridized carbons (Fsp3) is 0.636. The quantitative estimate of drug-likeness (QED) is 0.841. The first-order valence-corrected chi connectivity index (χ1v) is 5.59. The number of nitrogens with zero attached hydrogens (tertiary/aromatic N) is 4. The molecule has 0 aliphatic heterocycles. The van der Waals surface area contributed by atoms with E-state index in [4.69, 9.17) is 11.0 Å². The van der Waals surface area contributed by atoms with Gasteiger partial charge in [0.05, 0.1) is 0 Å². The van der Waals surface area contributed by atoms with E-state index in [9.17, 15) is 0 Å². The van der Waals surface area contributed by atoms with Gasteiger partial charge in [0, 0.05) is 19.1 Å². The van der Waals surface area contributed by atoms with E-state index in [0.717, 1.165) is 13.1 Å². The summed E-state index contributed by atoms with van der Waals surface area (Å²) in [6, 6.07) is 2.30. The summed E-state index contributed by atoms with van der Waals surface area (Å²) in [7, 11) is 0. The summed E-state index contributed by atoms with van der Waals surface area (Å²) < 4.78 is 1.70. The minimum absolute atomic E-state index is 0.163. The first-order valence-electron chi connectivity index (χ1n) is 5.59. The molecule has 0 aliphatic carbocycles. The maximum Gasteiger partial charge on any atom is 0.170 e. The van der Waals surface area contributed by atoms with Gasteiger partial charge in [-0.1, -0.05) is 0 Å². The highest BCUT2D eigenvalue weighted by Gasteiger charge is 2.20. The summed E-state index contributed by atoms with van der Waals surface area (Å²) in [6.45, 7) is 9.71. The number of nitriles is 1. The fourth-order valence-electron chi connectivity index (χ4n) is 1.68. The van der Waals surface area contributed by atoms with E-state index in [-0.39, 0.29) is 6.04 Å². The highest BCUT2D eigenvalue weighted by Crippen LogP contribution is 2.26. The van der Waals surface area contributed by atoms with Gasteiger partial charge >= 0.3 is 0 Å². The molecule has 0 aliphatic rings. The molecule has 1 aromatic heterocycles. The Labute approximate surface area is 96.5 Å². The topological polar surface area (TPSA) is 70.9 Å². The van der Waals surface area contributed by atoms with Crippen molar-refractivity contribution in [2.24, 2.45) is 0 Å². The number of hydrogen-bond acceptors (Lipinski definition) is 4. The number of rotatable bonds is 4. The third kappa shape index (κ3) is 1.96. The first-order chi connectivity index (χ1) is 7.56.